The van der Waals surface area contributed by atoms with Gasteiger partial charge in [-0.25, -0.2) is 4.39 Å². The van der Waals surface area contributed by atoms with Crippen molar-refractivity contribution < 1.29 is 4.39 Å². The van der Waals surface area contributed by atoms with Gasteiger partial charge < -0.3 is 4.90 Å². The highest BCUT2D eigenvalue weighted by Gasteiger charge is 2.18. The van der Waals surface area contributed by atoms with Crippen molar-refractivity contribution in [3.05, 3.63) is 23.8 Å². The maximum Gasteiger partial charge on any atom is 0.122 e. The van der Waals surface area contributed by atoms with Crippen LogP contribution in [0.15, 0.2) is 23.8 Å². The normalized spacial score (nSPS) is 32.0. The van der Waals surface area contributed by atoms with Gasteiger partial charge in [-0.15, -0.1) is 0 Å². The highest BCUT2D eigenvalue weighted by Crippen LogP contribution is 2.19. The van der Waals surface area contributed by atoms with Crippen molar-refractivity contribution in [3.63, 3.8) is 0 Å². The second-order valence-corrected chi connectivity index (χ2v) is 4.83. The fraction of sp³-hybridized carbons (Fsp3) is 0.692. The smallest absolute Gasteiger partial charge is 0.122 e. The predicted octanol–water partition coefficient (Wildman–Crippen LogP) is 2.94. The van der Waals surface area contributed by atoms with Gasteiger partial charge in [-0.3, -0.25) is 0 Å². The first-order chi connectivity index (χ1) is 7.24. The third-order valence-corrected chi connectivity index (χ3v) is 3.35. The number of nitrogens with zero attached hydrogens (tertiary/aromatic N) is 1. The van der Waals surface area contributed by atoms with Crippen LogP contribution in [0.3, 0.4) is 0 Å². The third-order valence-electron chi connectivity index (χ3n) is 3.35. The maximum absolute atomic E-state index is 12.8. The second-order valence-electron chi connectivity index (χ2n) is 4.83. The molecular formula is C13H20FN. The molecular weight excluding hydrogens is 189 g/mol. The van der Waals surface area contributed by atoms with E-state index in [1.807, 2.05) is 12.2 Å². The monoisotopic (exact) mass is 209 g/mol. The van der Waals surface area contributed by atoms with E-state index in [0.717, 1.165) is 18.9 Å². The van der Waals surface area contributed by atoms with Crippen LogP contribution in [0, 0.1) is 5.92 Å². The summed E-state index contributed by atoms with van der Waals surface area (Å²) in [7, 11) is 0. The van der Waals surface area contributed by atoms with E-state index < -0.39 is 6.17 Å². The Balaban J connectivity index is 1.72. The molecule has 1 fully saturated rings. The summed E-state index contributed by atoms with van der Waals surface area (Å²) in [5.41, 5.74) is 1.31. The Morgan fingerprint density at radius 3 is 3.00 bits per heavy atom. The summed E-state index contributed by atoms with van der Waals surface area (Å²) < 4.78 is 12.8. The van der Waals surface area contributed by atoms with Crippen molar-refractivity contribution in [1.29, 1.82) is 0 Å². The van der Waals surface area contributed by atoms with Crippen molar-refractivity contribution in [2.75, 3.05) is 19.6 Å². The minimum Gasteiger partial charge on any atom is -0.303 e. The lowest BCUT2D eigenvalue weighted by atomic mass is 10.0. The van der Waals surface area contributed by atoms with Crippen LogP contribution in [0.25, 0.3) is 0 Å². The summed E-state index contributed by atoms with van der Waals surface area (Å²) in [6, 6.07) is 0. The molecule has 0 N–H and O–H groups in total. The van der Waals surface area contributed by atoms with Gasteiger partial charge in [0.25, 0.3) is 0 Å². The summed E-state index contributed by atoms with van der Waals surface area (Å²) in [5, 5.41) is 0. The molecule has 0 spiro atoms. The number of rotatable bonds is 3. The van der Waals surface area contributed by atoms with Crippen LogP contribution in [0.1, 0.15) is 26.2 Å². The van der Waals surface area contributed by atoms with Crippen molar-refractivity contribution in [1.82, 2.24) is 4.90 Å². The van der Waals surface area contributed by atoms with Gasteiger partial charge in [-0.2, -0.15) is 0 Å². The molecule has 0 aromatic rings. The van der Waals surface area contributed by atoms with Gasteiger partial charge in [-0.05, 0) is 25.3 Å². The van der Waals surface area contributed by atoms with Gasteiger partial charge in [0.05, 0.1) is 0 Å². The highest BCUT2D eigenvalue weighted by molar-refractivity contribution is 5.24. The molecule has 0 amide bonds. The molecule has 2 heteroatoms. The molecule has 0 aromatic heterocycles. The SMILES string of the molecule is C[C@@H]1CCN(CCC2=CCC(F)C=C2)C1. The van der Waals surface area contributed by atoms with E-state index in [0.29, 0.717) is 6.42 Å². The quantitative estimate of drug-likeness (QED) is 0.690. The average molecular weight is 209 g/mol. The van der Waals surface area contributed by atoms with Crippen molar-refractivity contribution in [2.45, 2.75) is 32.4 Å². The van der Waals surface area contributed by atoms with Gasteiger partial charge >= 0.3 is 0 Å². The van der Waals surface area contributed by atoms with E-state index in [1.54, 1.807) is 6.08 Å². The number of halogens is 1. The zero-order valence-electron chi connectivity index (χ0n) is 9.45. The van der Waals surface area contributed by atoms with Gasteiger partial charge in [0.2, 0.25) is 0 Å². The summed E-state index contributed by atoms with van der Waals surface area (Å²) in [4.78, 5) is 2.51. The molecule has 0 radical (unpaired) electrons. The first kappa shape index (κ1) is 10.9. The fourth-order valence-corrected chi connectivity index (χ4v) is 2.34. The maximum atomic E-state index is 12.8. The molecule has 0 saturated carbocycles. The highest BCUT2D eigenvalue weighted by atomic mass is 19.1. The lowest BCUT2D eigenvalue weighted by molar-refractivity contribution is 0.332. The molecule has 2 rings (SSSR count). The molecule has 0 bridgehead atoms. The zero-order valence-corrected chi connectivity index (χ0v) is 9.45. The summed E-state index contributed by atoms with van der Waals surface area (Å²) in [6.45, 7) is 5.93. The fourth-order valence-electron chi connectivity index (χ4n) is 2.34. The van der Waals surface area contributed by atoms with Crippen molar-refractivity contribution >= 4 is 0 Å². The molecule has 1 aliphatic heterocycles. The largest absolute Gasteiger partial charge is 0.303 e. The first-order valence-electron chi connectivity index (χ1n) is 5.97. The van der Waals surface area contributed by atoms with E-state index >= 15 is 0 Å². The zero-order chi connectivity index (χ0) is 10.7. The molecule has 15 heavy (non-hydrogen) atoms. The first-order valence-corrected chi connectivity index (χ1v) is 5.97. The summed E-state index contributed by atoms with van der Waals surface area (Å²) >= 11 is 0. The molecule has 1 heterocycles. The molecule has 84 valence electrons. The third kappa shape index (κ3) is 3.16. The van der Waals surface area contributed by atoms with E-state index in [-0.39, 0.29) is 0 Å². The van der Waals surface area contributed by atoms with Crippen LogP contribution in [0.2, 0.25) is 0 Å². The van der Waals surface area contributed by atoms with Crippen molar-refractivity contribution in [2.24, 2.45) is 5.92 Å². The van der Waals surface area contributed by atoms with Crippen LogP contribution >= 0.6 is 0 Å². The van der Waals surface area contributed by atoms with Gasteiger partial charge in [0, 0.05) is 19.5 Å². The minimum atomic E-state index is -0.749. The average Bonchev–Trinajstić information content (AvgIpc) is 2.64. The van der Waals surface area contributed by atoms with E-state index in [2.05, 4.69) is 11.8 Å². The summed E-state index contributed by atoms with van der Waals surface area (Å²) in [5.74, 6) is 0.857. The number of allylic oxidation sites excluding steroid dienone is 3. The Labute approximate surface area is 91.7 Å². The predicted molar refractivity (Wildman–Crippen MR) is 61.6 cm³/mol. The van der Waals surface area contributed by atoms with E-state index in [1.165, 1.54) is 25.1 Å². The van der Waals surface area contributed by atoms with Crippen LogP contribution in [0.5, 0.6) is 0 Å². The molecule has 0 aromatic carbocycles. The molecule has 2 atom stereocenters. The standard InChI is InChI=1S/C13H20FN/c1-11-6-8-15(10-11)9-7-12-2-4-13(14)5-3-12/h2-4,11,13H,5-10H2,1H3/t11-,13?/m1/s1. The Morgan fingerprint density at radius 2 is 2.40 bits per heavy atom. The molecule has 1 aliphatic carbocycles. The van der Waals surface area contributed by atoms with Crippen LogP contribution in [-0.4, -0.2) is 30.7 Å². The van der Waals surface area contributed by atoms with Gasteiger partial charge in [0.15, 0.2) is 0 Å². The Bertz CT molecular complexity index is 270. The minimum absolute atomic E-state index is 0.572. The molecule has 1 saturated heterocycles. The lowest BCUT2D eigenvalue weighted by Gasteiger charge is -2.16. The van der Waals surface area contributed by atoms with Crippen LogP contribution in [0.4, 0.5) is 4.39 Å². The molecule has 1 unspecified atom stereocenters. The number of likely N-dealkylation sites (tertiary alicyclic amines) is 1. The van der Waals surface area contributed by atoms with Crippen LogP contribution in [-0.2, 0) is 0 Å². The number of hydrogen-bond donors (Lipinski definition) is 0. The molecule has 2 aliphatic rings. The Kier molecular flexibility index (Phi) is 3.57. The number of alkyl halides is 1. The summed E-state index contributed by atoms with van der Waals surface area (Å²) in [6.07, 6.45) is 7.92. The second kappa shape index (κ2) is 4.93. The van der Waals surface area contributed by atoms with E-state index in [9.17, 15) is 4.39 Å². The Hall–Kier alpha value is -0.630. The van der Waals surface area contributed by atoms with E-state index in [4.69, 9.17) is 0 Å². The molecule has 1 nitrogen and oxygen atoms in total. The number of hydrogen-bond acceptors (Lipinski definition) is 1. The van der Waals surface area contributed by atoms with Crippen LogP contribution < -0.4 is 0 Å². The van der Waals surface area contributed by atoms with Gasteiger partial charge in [0.1, 0.15) is 6.17 Å². The Morgan fingerprint density at radius 1 is 1.53 bits per heavy atom. The topological polar surface area (TPSA) is 3.24 Å². The van der Waals surface area contributed by atoms with Crippen molar-refractivity contribution in [3.8, 4) is 0 Å². The van der Waals surface area contributed by atoms with Gasteiger partial charge in [-0.1, -0.05) is 30.7 Å². The lowest BCUT2D eigenvalue weighted by Crippen LogP contribution is -2.22.